The average molecular weight is 456 g/mol. The second-order valence-corrected chi connectivity index (χ2v) is 10.4. The Labute approximate surface area is 190 Å². The highest BCUT2D eigenvalue weighted by molar-refractivity contribution is 8.25. The number of nitrogens with zero attached hydrogens (tertiary/aromatic N) is 2. The number of rotatable bonds is 6. The van der Waals surface area contributed by atoms with E-state index >= 15 is 0 Å². The molecule has 32 heavy (non-hydrogen) atoms. The summed E-state index contributed by atoms with van der Waals surface area (Å²) in [5.41, 5.74) is 4.03. The molecule has 8 heteroatoms. The molecule has 0 unspecified atom stereocenters. The molecule has 7 nitrogen and oxygen atoms in total. The van der Waals surface area contributed by atoms with E-state index < -0.39 is 10.8 Å². The Balaban J connectivity index is 1.53. The zero-order chi connectivity index (χ0) is 22.9. The van der Waals surface area contributed by atoms with Crippen molar-refractivity contribution in [2.24, 2.45) is 0 Å². The molecule has 2 aliphatic rings. The lowest BCUT2D eigenvalue weighted by atomic mass is 10.0. The van der Waals surface area contributed by atoms with Crippen LogP contribution in [0.1, 0.15) is 34.7 Å². The van der Waals surface area contributed by atoms with Crippen LogP contribution in [-0.4, -0.2) is 62.7 Å². The molecule has 4 N–H and O–H groups in total. The second-order valence-electron chi connectivity index (χ2n) is 8.57. The van der Waals surface area contributed by atoms with Crippen molar-refractivity contribution in [2.75, 3.05) is 31.4 Å². The second kappa shape index (κ2) is 9.14. The van der Waals surface area contributed by atoms with Crippen molar-refractivity contribution < 1.29 is 19.0 Å². The number of terminal acetylenes is 1. The number of fused-ring (bicyclic) bond motifs is 1. The third-order valence-corrected chi connectivity index (χ3v) is 7.40. The van der Waals surface area contributed by atoms with E-state index in [4.69, 9.17) is 6.42 Å². The Hall–Kier alpha value is -2.54. The summed E-state index contributed by atoms with van der Waals surface area (Å²) in [5, 5.41) is 9.93. The summed E-state index contributed by atoms with van der Waals surface area (Å²) in [6.07, 6.45) is 6.18. The van der Waals surface area contributed by atoms with Crippen LogP contribution in [-0.2, 0) is 17.0 Å². The van der Waals surface area contributed by atoms with Crippen molar-refractivity contribution in [1.82, 2.24) is 9.80 Å². The molecular formula is C24H29N3O4S. The maximum Gasteiger partial charge on any atom is 0.227 e. The molecule has 170 valence electrons. The average Bonchev–Trinajstić information content (AvgIpc) is 3.31. The highest BCUT2D eigenvalue weighted by Gasteiger charge is 2.29. The topological polar surface area (TPSA) is 96.3 Å². The van der Waals surface area contributed by atoms with Crippen molar-refractivity contribution in [3.05, 3.63) is 64.7 Å². The van der Waals surface area contributed by atoms with Crippen molar-refractivity contribution in [3.63, 3.8) is 0 Å². The summed E-state index contributed by atoms with van der Waals surface area (Å²) >= 11 is 0. The molecule has 2 aliphatic heterocycles. The van der Waals surface area contributed by atoms with Gasteiger partial charge < -0.3 is 10.0 Å². The third kappa shape index (κ3) is 5.09. The van der Waals surface area contributed by atoms with E-state index in [0.717, 1.165) is 35.2 Å². The highest BCUT2D eigenvalue weighted by Crippen LogP contribution is 2.50. The summed E-state index contributed by atoms with van der Waals surface area (Å²) in [7, 11) is -1.03. The van der Waals surface area contributed by atoms with Crippen LogP contribution in [0.4, 0.5) is 5.69 Å². The number of likely N-dealkylation sites (N-methyl/N-ethyl adjacent to an activating group) is 1. The standard InChI is InChI=1S/C24H29N3O4S/c1-3-17-5-4-6-19(11-17)23(15-27-10-9-21(28)14-27)26(2)24(29)13-18-7-8-20-16-32(30,31)25-22(20)12-18/h1,4-8,11-12,21,23,25,28,30-31H,9-10,13-16H2,2H3/t21-,23+/m0/s1. The van der Waals surface area contributed by atoms with Crippen LogP contribution in [0.3, 0.4) is 0 Å². The molecule has 2 atom stereocenters. The number of carbonyl (C=O) groups is 1. The van der Waals surface area contributed by atoms with Crippen LogP contribution < -0.4 is 4.72 Å². The molecule has 2 aromatic rings. The van der Waals surface area contributed by atoms with Gasteiger partial charge in [0, 0.05) is 32.2 Å². The van der Waals surface area contributed by atoms with Crippen molar-refractivity contribution in [2.45, 2.75) is 30.7 Å². The first-order chi connectivity index (χ1) is 15.2. The van der Waals surface area contributed by atoms with E-state index in [1.807, 2.05) is 42.5 Å². The smallest absolute Gasteiger partial charge is 0.227 e. The molecule has 0 bridgehead atoms. The number of nitrogens with one attached hydrogen (secondary N) is 1. The lowest BCUT2D eigenvalue weighted by Crippen LogP contribution is -2.39. The van der Waals surface area contributed by atoms with Gasteiger partial charge in [0.05, 0.1) is 30.0 Å². The van der Waals surface area contributed by atoms with E-state index in [1.54, 1.807) is 11.9 Å². The number of benzene rings is 2. The minimum atomic E-state index is -2.83. The predicted octanol–water partition coefficient (Wildman–Crippen LogP) is 3.07. The van der Waals surface area contributed by atoms with Crippen molar-refractivity contribution in [1.29, 1.82) is 0 Å². The Morgan fingerprint density at radius 3 is 2.88 bits per heavy atom. The molecule has 4 rings (SSSR count). The predicted molar refractivity (Wildman–Crippen MR) is 127 cm³/mol. The Morgan fingerprint density at radius 1 is 1.34 bits per heavy atom. The van der Waals surface area contributed by atoms with E-state index in [0.29, 0.717) is 18.8 Å². The van der Waals surface area contributed by atoms with Gasteiger partial charge in [0.2, 0.25) is 5.91 Å². The maximum absolute atomic E-state index is 13.3. The fourth-order valence-corrected chi connectivity index (χ4v) is 5.67. The van der Waals surface area contributed by atoms with Gasteiger partial charge in [-0.3, -0.25) is 23.5 Å². The molecule has 0 radical (unpaired) electrons. The van der Waals surface area contributed by atoms with Crippen molar-refractivity contribution >= 4 is 22.4 Å². The highest BCUT2D eigenvalue weighted by atomic mass is 32.3. The van der Waals surface area contributed by atoms with Gasteiger partial charge >= 0.3 is 0 Å². The summed E-state index contributed by atoms with van der Waals surface area (Å²) < 4.78 is 22.5. The minimum absolute atomic E-state index is 0.0505. The van der Waals surface area contributed by atoms with Crippen LogP contribution in [0, 0.1) is 12.3 Å². The number of hydrogen-bond donors (Lipinski definition) is 4. The molecule has 0 aromatic heterocycles. The Bertz CT molecular complexity index is 1050. The van der Waals surface area contributed by atoms with Gasteiger partial charge in [0.1, 0.15) is 0 Å². The Kier molecular flexibility index (Phi) is 6.47. The molecule has 0 saturated carbocycles. The first-order valence-electron chi connectivity index (χ1n) is 10.6. The summed E-state index contributed by atoms with van der Waals surface area (Å²) in [4.78, 5) is 17.2. The minimum Gasteiger partial charge on any atom is -0.392 e. The van der Waals surface area contributed by atoms with E-state index in [2.05, 4.69) is 15.5 Å². The van der Waals surface area contributed by atoms with E-state index in [1.165, 1.54) is 0 Å². The number of amides is 1. The van der Waals surface area contributed by atoms with Crippen LogP contribution >= 0.6 is 10.8 Å². The van der Waals surface area contributed by atoms with Crippen LogP contribution in [0.2, 0.25) is 0 Å². The van der Waals surface area contributed by atoms with Gasteiger partial charge in [-0.05, 0) is 41.3 Å². The Morgan fingerprint density at radius 2 is 2.16 bits per heavy atom. The van der Waals surface area contributed by atoms with Crippen molar-refractivity contribution in [3.8, 4) is 12.3 Å². The molecule has 1 saturated heterocycles. The number of likely N-dealkylation sites (tertiary alicyclic amines) is 1. The molecule has 0 aliphatic carbocycles. The maximum atomic E-state index is 13.3. The number of hydrogen-bond acceptors (Lipinski definition) is 6. The fourth-order valence-electron chi connectivity index (χ4n) is 4.37. The molecular weight excluding hydrogens is 426 g/mol. The lowest BCUT2D eigenvalue weighted by molar-refractivity contribution is -0.131. The number of carbonyl (C=O) groups excluding carboxylic acids is 1. The van der Waals surface area contributed by atoms with Crippen LogP contribution in [0.25, 0.3) is 0 Å². The number of anilines is 1. The summed E-state index contributed by atoms with van der Waals surface area (Å²) in [6, 6.07) is 13.0. The van der Waals surface area contributed by atoms with E-state index in [9.17, 15) is 19.0 Å². The number of aliphatic hydroxyl groups excluding tert-OH is 1. The zero-order valence-electron chi connectivity index (χ0n) is 18.1. The van der Waals surface area contributed by atoms with Gasteiger partial charge in [-0.2, -0.15) is 0 Å². The SMILES string of the molecule is C#Cc1cccc([C@@H](CN2CC[C@H](O)C2)N(C)C(=O)Cc2ccc3c(c2)NS(O)(O)C3)c1. The quantitative estimate of drug-likeness (QED) is 0.500. The number of β-amino-alcohol motifs (C(OH)–C–C–N with tert-alkyl or cyclic N) is 1. The molecule has 1 fully saturated rings. The molecule has 0 spiro atoms. The number of aliphatic hydroxyl groups is 1. The molecule has 1 amide bonds. The lowest BCUT2D eigenvalue weighted by Gasteiger charge is -2.32. The zero-order valence-corrected chi connectivity index (χ0v) is 18.9. The van der Waals surface area contributed by atoms with Gasteiger partial charge in [-0.15, -0.1) is 17.2 Å². The summed E-state index contributed by atoms with van der Waals surface area (Å²) in [5.74, 6) is 2.79. The largest absolute Gasteiger partial charge is 0.392 e. The van der Waals surface area contributed by atoms with Crippen LogP contribution in [0.15, 0.2) is 42.5 Å². The fraction of sp³-hybridized carbons (Fsp3) is 0.375. The van der Waals surface area contributed by atoms with E-state index in [-0.39, 0.29) is 30.2 Å². The first kappa shape index (κ1) is 22.6. The first-order valence-corrected chi connectivity index (χ1v) is 12.3. The van der Waals surface area contributed by atoms with Gasteiger partial charge in [-0.25, -0.2) is 0 Å². The van der Waals surface area contributed by atoms with Gasteiger partial charge in [0.15, 0.2) is 0 Å². The van der Waals surface area contributed by atoms with Crippen LogP contribution in [0.5, 0.6) is 0 Å². The van der Waals surface area contributed by atoms with Gasteiger partial charge in [-0.1, -0.05) is 30.2 Å². The summed E-state index contributed by atoms with van der Waals surface area (Å²) in [6.45, 7) is 1.99. The monoisotopic (exact) mass is 455 g/mol. The van der Waals surface area contributed by atoms with Gasteiger partial charge in [0.25, 0.3) is 0 Å². The normalized spacial score (nSPS) is 21.3. The molecule has 2 aromatic carbocycles. The third-order valence-electron chi connectivity index (χ3n) is 6.14. The molecule has 2 heterocycles.